The summed E-state index contributed by atoms with van der Waals surface area (Å²) in [6.07, 6.45) is 9.29. The van der Waals surface area contributed by atoms with Gasteiger partial charge in [-0.25, -0.2) is 9.97 Å². The quantitative estimate of drug-likeness (QED) is 0.836. The van der Waals surface area contributed by atoms with Crippen LogP contribution in [0.3, 0.4) is 0 Å². The van der Waals surface area contributed by atoms with E-state index < -0.39 is 0 Å². The number of rotatable bonds is 4. The van der Waals surface area contributed by atoms with Crippen LogP contribution in [-0.4, -0.2) is 21.2 Å². The predicted molar refractivity (Wildman–Crippen MR) is 81.7 cm³/mol. The lowest BCUT2D eigenvalue weighted by Crippen LogP contribution is -2.19. The lowest BCUT2D eigenvalue weighted by Gasteiger charge is -2.17. The molecule has 0 bridgehead atoms. The Hall–Kier alpha value is -2.11. The van der Waals surface area contributed by atoms with E-state index in [0.717, 1.165) is 17.4 Å². The Kier molecular flexibility index (Phi) is 4.33. The highest BCUT2D eigenvalue weighted by atomic mass is 16.5. The Morgan fingerprint density at radius 3 is 2.48 bits per heavy atom. The van der Waals surface area contributed by atoms with Crippen molar-refractivity contribution in [2.24, 2.45) is 0 Å². The fourth-order valence-electron chi connectivity index (χ4n) is 2.69. The minimum Gasteiger partial charge on any atom is -0.367 e. The molecule has 0 atom stereocenters. The van der Waals surface area contributed by atoms with Gasteiger partial charge < -0.3 is 15.2 Å². The summed E-state index contributed by atoms with van der Waals surface area (Å²) in [5.41, 5.74) is 0. The summed E-state index contributed by atoms with van der Waals surface area (Å²) in [6, 6.07) is 4.26. The molecule has 0 radical (unpaired) electrons. The molecule has 1 aliphatic rings. The van der Waals surface area contributed by atoms with Gasteiger partial charge in [0.25, 0.3) is 0 Å². The van der Waals surface area contributed by atoms with E-state index in [2.05, 4.69) is 25.8 Å². The van der Waals surface area contributed by atoms with Gasteiger partial charge in [-0.15, -0.1) is 0 Å². The van der Waals surface area contributed by atoms with Gasteiger partial charge in [0.1, 0.15) is 23.7 Å². The van der Waals surface area contributed by atoms with Gasteiger partial charge >= 0.3 is 0 Å². The van der Waals surface area contributed by atoms with Gasteiger partial charge in [-0.05, 0) is 19.8 Å². The Morgan fingerprint density at radius 1 is 1.00 bits per heavy atom. The van der Waals surface area contributed by atoms with Crippen molar-refractivity contribution in [3.63, 3.8) is 0 Å². The van der Waals surface area contributed by atoms with Crippen LogP contribution < -0.4 is 10.6 Å². The summed E-state index contributed by atoms with van der Waals surface area (Å²) in [6.45, 7) is 1.86. The van der Waals surface area contributed by atoms with Crippen LogP contribution in [0.5, 0.6) is 0 Å². The van der Waals surface area contributed by atoms with E-state index in [-0.39, 0.29) is 0 Å². The molecule has 3 rings (SSSR count). The molecular formula is C15H21N5O. The third-order valence-electron chi connectivity index (χ3n) is 3.76. The summed E-state index contributed by atoms with van der Waals surface area (Å²) in [5.74, 6) is 3.00. The zero-order chi connectivity index (χ0) is 14.5. The Bertz CT molecular complexity index is 575. The van der Waals surface area contributed by atoms with Crippen LogP contribution in [0.2, 0.25) is 0 Å². The number of hydrogen-bond donors (Lipinski definition) is 2. The topological polar surface area (TPSA) is 75.9 Å². The van der Waals surface area contributed by atoms with E-state index in [4.69, 9.17) is 4.52 Å². The molecule has 1 aliphatic carbocycles. The highest BCUT2D eigenvalue weighted by Crippen LogP contribution is 2.21. The van der Waals surface area contributed by atoms with Gasteiger partial charge in [-0.1, -0.05) is 30.8 Å². The molecule has 2 aromatic heterocycles. The highest BCUT2D eigenvalue weighted by molar-refractivity contribution is 5.55. The van der Waals surface area contributed by atoms with Crippen molar-refractivity contribution in [3.8, 4) is 0 Å². The van der Waals surface area contributed by atoms with Gasteiger partial charge in [0.15, 0.2) is 5.82 Å². The summed E-state index contributed by atoms with van der Waals surface area (Å²) >= 11 is 0. The monoisotopic (exact) mass is 287 g/mol. The standard InChI is InChI=1S/C15H21N5O/c1-11-8-15(20-21-11)19-14-9-13(16-10-17-14)18-12-6-4-2-3-5-7-12/h8-10,12H,2-7H2,1H3,(H2,16,17,18,19,20). The summed E-state index contributed by atoms with van der Waals surface area (Å²) in [4.78, 5) is 8.52. The number of nitrogens with one attached hydrogen (secondary N) is 2. The van der Waals surface area contributed by atoms with Crippen LogP contribution in [0, 0.1) is 6.92 Å². The van der Waals surface area contributed by atoms with Crippen LogP contribution in [0.15, 0.2) is 23.0 Å². The smallest absolute Gasteiger partial charge is 0.175 e. The number of aromatic nitrogens is 3. The molecule has 6 heteroatoms. The first-order valence-electron chi connectivity index (χ1n) is 7.58. The highest BCUT2D eigenvalue weighted by Gasteiger charge is 2.12. The van der Waals surface area contributed by atoms with Crippen LogP contribution in [0.25, 0.3) is 0 Å². The van der Waals surface area contributed by atoms with Gasteiger partial charge in [0.2, 0.25) is 0 Å². The van der Waals surface area contributed by atoms with Crippen LogP contribution in [0.4, 0.5) is 17.5 Å². The van der Waals surface area contributed by atoms with Gasteiger partial charge in [0.05, 0.1) is 0 Å². The Morgan fingerprint density at radius 2 is 1.76 bits per heavy atom. The summed E-state index contributed by atoms with van der Waals surface area (Å²) < 4.78 is 5.03. The molecule has 0 aliphatic heterocycles. The largest absolute Gasteiger partial charge is 0.367 e. The van der Waals surface area contributed by atoms with Gasteiger partial charge in [-0.3, -0.25) is 0 Å². The summed E-state index contributed by atoms with van der Waals surface area (Å²) in [7, 11) is 0. The fourth-order valence-corrected chi connectivity index (χ4v) is 2.69. The lowest BCUT2D eigenvalue weighted by atomic mass is 10.1. The normalized spacial score (nSPS) is 16.4. The third-order valence-corrected chi connectivity index (χ3v) is 3.76. The first kappa shape index (κ1) is 13.9. The molecule has 2 aromatic rings. The Labute approximate surface area is 124 Å². The molecular weight excluding hydrogens is 266 g/mol. The first-order chi connectivity index (χ1) is 10.3. The van der Waals surface area contributed by atoms with E-state index >= 15 is 0 Å². The molecule has 0 spiro atoms. The summed E-state index contributed by atoms with van der Waals surface area (Å²) in [5, 5.41) is 10.5. The fraction of sp³-hybridized carbons (Fsp3) is 0.533. The van der Waals surface area contributed by atoms with E-state index in [0.29, 0.717) is 11.9 Å². The number of anilines is 3. The second kappa shape index (κ2) is 6.56. The van der Waals surface area contributed by atoms with Crippen molar-refractivity contribution in [1.29, 1.82) is 0 Å². The average Bonchev–Trinajstić information content (AvgIpc) is 2.73. The van der Waals surface area contributed by atoms with Crippen LogP contribution in [0.1, 0.15) is 44.3 Å². The number of nitrogens with zero attached hydrogens (tertiary/aromatic N) is 3. The van der Waals surface area contributed by atoms with Crippen molar-refractivity contribution in [1.82, 2.24) is 15.1 Å². The van der Waals surface area contributed by atoms with Crippen LogP contribution in [-0.2, 0) is 0 Å². The maximum atomic E-state index is 5.03. The van der Waals surface area contributed by atoms with E-state index in [1.54, 1.807) is 6.33 Å². The van der Waals surface area contributed by atoms with Crippen molar-refractivity contribution < 1.29 is 4.52 Å². The second-order valence-corrected chi connectivity index (χ2v) is 5.57. The van der Waals surface area contributed by atoms with Gasteiger partial charge in [-0.2, -0.15) is 0 Å². The number of hydrogen-bond acceptors (Lipinski definition) is 6. The van der Waals surface area contributed by atoms with E-state index in [9.17, 15) is 0 Å². The first-order valence-corrected chi connectivity index (χ1v) is 7.58. The average molecular weight is 287 g/mol. The maximum Gasteiger partial charge on any atom is 0.175 e. The van der Waals surface area contributed by atoms with Crippen molar-refractivity contribution in [3.05, 3.63) is 24.2 Å². The molecule has 1 fully saturated rings. The molecule has 0 saturated heterocycles. The zero-order valence-corrected chi connectivity index (χ0v) is 12.3. The molecule has 0 aromatic carbocycles. The zero-order valence-electron chi connectivity index (χ0n) is 12.3. The Balaban J connectivity index is 1.64. The van der Waals surface area contributed by atoms with Gasteiger partial charge in [0, 0.05) is 18.2 Å². The second-order valence-electron chi connectivity index (χ2n) is 5.57. The van der Waals surface area contributed by atoms with Crippen molar-refractivity contribution in [2.75, 3.05) is 10.6 Å². The van der Waals surface area contributed by atoms with E-state index in [1.807, 2.05) is 19.1 Å². The molecule has 21 heavy (non-hydrogen) atoms. The molecule has 6 nitrogen and oxygen atoms in total. The molecule has 0 unspecified atom stereocenters. The molecule has 1 saturated carbocycles. The molecule has 112 valence electrons. The molecule has 2 heterocycles. The maximum absolute atomic E-state index is 5.03. The molecule has 2 N–H and O–H groups in total. The SMILES string of the molecule is Cc1cc(Nc2cc(NC3CCCCCC3)ncn2)no1. The predicted octanol–water partition coefficient (Wildman–Crippen LogP) is 3.65. The van der Waals surface area contributed by atoms with Crippen molar-refractivity contribution >= 4 is 17.5 Å². The molecule has 0 amide bonds. The minimum absolute atomic E-state index is 0.518. The third kappa shape index (κ3) is 3.93. The minimum atomic E-state index is 0.518. The van der Waals surface area contributed by atoms with E-state index in [1.165, 1.54) is 38.5 Å². The lowest BCUT2D eigenvalue weighted by molar-refractivity contribution is 0.400. The number of aryl methyl sites for hydroxylation is 1. The van der Waals surface area contributed by atoms with Crippen molar-refractivity contribution in [2.45, 2.75) is 51.5 Å². The van der Waals surface area contributed by atoms with Crippen LogP contribution >= 0.6 is 0 Å².